The molecule has 6 heteroatoms. The Morgan fingerprint density at radius 3 is 2.65 bits per heavy atom. The second-order valence-electron chi connectivity index (χ2n) is 3.68. The van der Waals surface area contributed by atoms with Crippen molar-refractivity contribution in [3.05, 3.63) is 29.6 Å². The maximum Gasteiger partial charge on any atom is 0.240 e. The number of rotatable bonds is 6. The van der Waals surface area contributed by atoms with Crippen molar-refractivity contribution in [2.45, 2.75) is 24.8 Å². The summed E-state index contributed by atoms with van der Waals surface area (Å²) >= 11 is 0. The molecule has 0 aliphatic rings. The van der Waals surface area contributed by atoms with Crippen LogP contribution < -0.4 is 10.0 Å². The highest BCUT2D eigenvalue weighted by Gasteiger charge is 2.15. The zero-order chi connectivity index (χ0) is 12.9. The summed E-state index contributed by atoms with van der Waals surface area (Å²) in [5.41, 5.74) is 0.340. The van der Waals surface area contributed by atoms with Crippen molar-refractivity contribution in [1.29, 1.82) is 0 Å². The Labute approximate surface area is 101 Å². The van der Waals surface area contributed by atoms with Gasteiger partial charge in [-0.3, -0.25) is 0 Å². The Morgan fingerprint density at radius 1 is 1.35 bits per heavy atom. The van der Waals surface area contributed by atoms with Gasteiger partial charge in [0.05, 0.1) is 4.90 Å². The van der Waals surface area contributed by atoms with Crippen LogP contribution in [0.5, 0.6) is 0 Å². The van der Waals surface area contributed by atoms with Gasteiger partial charge in [-0.15, -0.1) is 0 Å². The van der Waals surface area contributed by atoms with Gasteiger partial charge in [-0.05, 0) is 31.7 Å². The highest BCUT2D eigenvalue weighted by atomic mass is 32.2. The van der Waals surface area contributed by atoms with Gasteiger partial charge in [-0.2, -0.15) is 0 Å². The first-order valence-corrected chi connectivity index (χ1v) is 6.92. The van der Waals surface area contributed by atoms with Crippen LogP contribution in [0.2, 0.25) is 0 Å². The summed E-state index contributed by atoms with van der Waals surface area (Å²) in [6.45, 7) is 2.55. The Bertz CT molecular complexity index is 474. The van der Waals surface area contributed by atoms with Crippen molar-refractivity contribution in [3.8, 4) is 0 Å². The van der Waals surface area contributed by atoms with Gasteiger partial charge < -0.3 is 5.32 Å². The quantitative estimate of drug-likeness (QED) is 0.809. The van der Waals surface area contributed by atoms with E-state index in [9.17, 15) is 12.8 Å². The van der Waals surface area contributed by atoms with E-state index >= 15 is 0 Å². The molecule has 0 spiro atoms. The van der Waals surface area contributed by atoms with Crippen LogP contribution in [0, 0.1) is 5.82 Å². The van der Waals surface area contributed by atoms with E-state index in [0.29, 0.717) is 25.1 Å². The lowest BCUT2D eigenvalue weighted by atomic mass is 10.2. The number of nitrogens with one attached hydrogen (secondary N) is 2. The van der Waals surface area contributed by atoms with Crippen LogP contribution in [0.1, 0.15) is 18.9 Å². The third-order valence-electron chi connectivity index (χ3n) is 2.24. The second kappa shape index (κ2) is 6.09. The molecule has 0 aliphatic carbocycles. The summed E-state index contributed by atoms with van der Waals surface area (Å²) in [6, 6.07) is 3.80. The molecule has 0 saturated heterocycles. The van der Waals surface area contributed by atoms with Gasteiger partial charge in [0, 0.05) is 18.7 Å². The maximum atomic E-state index is 13.3. The normalized spacial score (nSPS) is 11.7. The lowest BCUT2D eigenvalue weighted by Gasteiger charge is -2.08. The van der Waals surface area contributed by atoms with Gasteiger partial charge in [0.25, 0.3) is 0 Å². The van der Waals surface area contributed by atoms with Gasteiger partial charge >= 0.3 is 0 Å². The molecule has 0 aliphatic heterocycles. The van der Waals surface area contributed by atoms with E-state index in [4.69, 9.17) is 0 Å². The molecule has 4 nitrogen and oxygen atoms in total. The number of hydrogen-bond acceptors (Lipinski definition) is 3. The van der Waals surface area contributed by atoms with E-state index in [1.54, 1.807) is 7.05 Å². The van der Waals surface area contributed by atoms with Gasteiger partial charge in [0.1, 0.15) is 5.82 Å². The lowest BCUT2D eigenvalue weighted by molar-refractivity contribution is 0.577. The van der Waals surface area contributed by atoms with Crippen molar-refractivity contribution in [2.24, 2.45) is 0 Å². The molecule has 0 fully saturated rings. The molecule has 0 atom stereocenters. The van der Waals surface area contributed by atoms with Crippen LogP contribution in [0.4, 0.5) is 4.39 Å². The van der Waals surface area contributed by atoms with Gasteiger partial charge in [-0.1, -0.05) is 6.92 Å². The zero-order valence-corrected chi connectivity index (χ0v) is 10.8. The van der Waals surface area contributed by atoms with Crippen molar-refractivity contribution in [2.75, 3.05) is 13.6 Å². The summed E-state index contributed by atoms with van der Waals surface area (Å²) in [7, 11) is -1.85. The van der Waals surface area contributed by atoms with Crippen LogP contribution in [0.25, 0.3) is 0 Å². The first-order chi connectivity index (χ1) is 8.01. The van der Waals surface area contributed by atoms with E-state index in [2.05, 4.69) is 10.0 Å². The highest BCUT2D eigenvalue weighted by Crippen LogP contribution is 2.14. The van der Waals surface area contributed by atoms with Gasteiger partial charge in [0.2, 0.25) is 10.0 Å². The molecule has 0 radical (unpaired) electrons. The Hall–Kier alpha value is -0.980. The first-order valence-electron chi connectivity index (χ1n) is 5.44. The maximum absolute atomic E-state index is 13.3. The minimum atomic E-state index is -3.52. The third kappa shape index (κ3) is 3.76. The molecule has 0 unspecified atom stereocenters. The zero-order valence-electron chi connectivity index (χ0n) is 9.96. The second-order valence-corrected chi connectivity index (χ2v) is 5.45. The predicted octanol–water partition coefficient (Wildman–Crippen LogP) is 1.23. The Balaban J connectivity index is 3.02. The molecule has 0 amide bonds. The summed E-state index contributed by atoms with van der Waals surface area (Å²) < 4.78 is 39.4. The number of benzene rings is 1. The summed E-state index contributed by atoms with van der Waals surface area (Å²) in [5, 5.41) is 2.79. The fourth-order valence-corrected chi connectivity index (χ4v) is 2.55. The Morgan fingerprint density at radius 2 is 2.06 bits per heavy atom. The molecular formula is C11H17FN2O2S. The average Bonchev–Trinajstić information content (AvgIpc) is 2.29. The molecule has 0 bridgehead atoms. The first kappa shape index (κ1) is 14.1. The largest absolute Gasteiger partial charge is 0.316 e. The molecule has 0 heterocycles. The fraction of sp³-hybridized carbons (Fsp3) is 0.455. The van der Waals surface area contributed by atoms with Crippen LogP contribution in [0.3, 0.4) is 0 Å². The summed E-state index contributed by atoms with van der Waals surface area (Å²) in [6.07, 6.45) is 0.712. The lowest BCUT2D eigenvalue weighted by Crippen LogP contribution is -2.24. The molecule has 0 aromatic heterocycles. The van der Waals surface area contributed by atoms with E-state index in [1.807, 2.05) is 6.92 Å². The predicted molar refractivity (Wildman–Crippen MR) is 64.6 cm³/mol. The van der Waals surface area contributed by atoms with Crippen LogP contribution in [-0.2, 0) is 16.6 Å². The number of halogens is 1. The van der Waals surface area contributed by atoms with Crippen LogP contribution in [0.15, 0.2) is 23.1 Å². The van der Waals surface area contributed by atoms with Crippen LogP contribution in [-0.4, -0.2) is 22.0 Å². The molecule has 1 aromatic rings. The van der Waals surface area contributed by atoms with E-state index in [0.717, 1.165) is 0 Å². The smallest absolute Gasteiger partial charge is 0.240 e. The minimum Gasteiger partial charge on any atom is -0.316 e. The molecule has 1 rings (SSSR count). The average molecular weight is 260 g/mol. The summed E-state index contributed by atoms with van der Waals surface area (Å²) in [5.74, 6) is -0.409. The monoisotopic (exact) mass is 260 g/mol. The standard InChI is InChI=1S/C11H17FN2O2S/c1-3-6-14-17(15,16)10-4-5-11(12)9(7-10)8-13-2/h4-5,7,13-14H,3,6,8H2,1-2H3. The number of hydrogen-bond donors (Lipinski definition) is 2. The SMILES string of the molecule is CCCNS(=O)(=O)c1ccc(F)c(CNC)c1. The molecule has 2 N–H and O–H groups in total. The van der Waals surface area contributed by atoms with Gasteiger partial charge in [-0.25, -0.2) is 17.5 Å². The molecule has 0 saturated carbocycles. The minimum absolute atomic E-state index is 0.0950. The van der Waals surface area contributed by atoms with Crippen molar-refractivity contribution in [3.63, 3.8) is 0 Å². The van der Waals surface area contributed by atoms with Crippen LogP contribution >= 0.6 is 0 Å². The van der Waals surface area contributed by atoms with Crippen molar-refractivity contribution < 1.29 is 12.8 Å². The number of sulfonamides is 1. The molecule has 1 aromatic carbocycles. The molecule has 17 heavy (non-hydrogen) atoms. The van der Waals surface area contributed by atoms with Crippen molar-refractivity contribution in [1.82, 2.24) is 10.0 Å². The van der Waals surface area contributed by atoms with E-state index in [1.165, 1.54) is 18.2 Å². The highest BCUT2D eigenvalue weighted by molar-refractivity contribution is 7.89. The van der Waals surface area contributed by atoms with E-state index in [-0.39, 0.29) is 4.90 Å². The molecular weight excluding hydrogens is 243 g/mol. The van der Waals surface area contributed by atoms with E-state index < -0.39 is 15.8 Å². The summed E-state index contributed by atoms with van der Waals surface area (Å²) in [4.78, 5) is 0.0950. The van der Waals surface area contributed by atoms with Crippen molar-refractivity contribution >= 4 is 10.0 Å². The Kier molecular flexibility index (Phi) is 5.04. The topological polar surface area (TPSA) is 58.2 Å². The third-order valence-corrected chi connectivity index (χ3v) is 3.70. The fourth-order valence-electron chi connectivity index (χ4n) is 1.36. The molecule has 96 valence electrons. The van der Waals surface area contributed by atoms with Gasteiger partial charge in [0.15, 0.2) is 0 Å².